The third-order valence-corrected chi connectivity index (χ3v) is 20.0. The second-order valence-electron chi connectivity index (χ2n) is 26.4. The molecule has 8 bridgehead atoms. The molecule has 7 aromatic rings. The molecule has 17 rings (SSSR count). The van der Waals surface area contributed by atoms with Crippen molar-refractivity contribution in [2.75, 3.05) is 0 Å². The summed E-state index contributed by atoms with van der Waals surface area (Å²) in [5.74, 6) is 6.62. The molecule has 4 atom stereocenters. The van der Waals surface area contributed by atoms with Crippen LogP contribution in [0, 0.1) is 23.7 Å². The molecule has 3 heterocycles. The number of rotatable bonds is 0. The smallest absolute Gasteiger partial charge is 0.0731 e. The second kappa shape index (κ2) is 11.3. The minimum absolute atomic E-state index is 0.0527. The predicted octanol–water partition coefficient (Wildman–Crippen LogP) is 16.2. The summed E-state index contributed by atoms with van der Waals surface area (Å²) in [5.41, 5.74) is 25.5. The number of aromatic nitrogens is 2. The van der Waals surface area contributed by atoms with Crippen molar-refractivity contribution in [1.29, 1.82) is 0 Å². The van der Waals surface area contributed by atoms with E-state index in [9.17, 15) is 0 Å². The molecule has 0 N–H and O–H groups in total. The molecule has 4 aromatic carbocycles. The molecular weight excluding hydrogens is 761 g/mol. The number of fused-ring (bicyclic) bond motifs is 14. The highest BCUT2D eigenvalue weighted by atomic mass is 14.9. The van der Waals surface area contributed by atoms with Gasteiger partial charge in [-0.2, -0.15) is 0 Å². The molecule has 0 radical (unpaired) electrons. The Balaban J connectivity index is 1.08. The maximum absolute atomic E-state index is 5.66. The van der Waals surface area contributed by atoms with Crippen molar-refractivity contribution < 1.29 is 0 Å². The van der Waals surface area contributed by atoms with Gasteiger partial charge in [-0.15, -0.1) is 0 Å². The molecule has 2 heteroatoms. The lowest BCUT2D eigenvalue weighted by molar-refractivity contribution is 0.165. The number of pyridine rings is 1. The highest BCUT2D eigenvalue weighted by Crippen LogP contribution is 2.64. The molecule has 10 aliphatic carbocycles. The monoisotopic (exact) mass is 827 g/mol. The molecule has 4 saturated carbocycles. The minimum Gasteiger partial charge on any atom is -0.306 e. The molecule has 2 nitrogen and oxygen atoms in total. The first-order chi connectivity index (χ1) is 29.9. The van der Waals surface area contributed by atoms with Crippen molar-refractivity contribution in [1.82, 2.24) is 9.38 Å². The summed E-state index contributed by atoms with van der Waals surface area (Å²) in [4.78, 5) is 5.66. The Hall–Kier alpha value is -4.17. The highest BCUT2D eigenvalue weighted by molar-refractivity contribution is 6.31. The van der Waals surface area contributed by atoms with Crippen molar-refractivity contribution in [2.45, 2.75) is 179 Å². The lowest BCUT2D eigenvalue weighted by Gasteiger charge is -2.38. The molecule has 0 amide bonds. The fourth-order valence-electron chi connectivity index (χ4n) is 17.6. The van der Waals surface area contributed by atoms with Crippen LogP contribution in [0.1, 0.15) is 213 Å². The van der Waals surface area contributed by atoms with E-state index in [0.717, 1.165) is 41.4 Å². The number of benzene rings is 4. The van der Waals surface area contributed by atoms with E-state index < -0.39 is 0 Å². The quantitative estimate of drug-likeness (QED) is 0.149. The van der Waals surface area contributed by atoms with E-state index in [1.54, 1.807) is 27.8 Å². The van der Waals surface area contributed by atoms with Crippen molar-refractivity contribution >= 4 is 38.1 Å². The van der Waals surface area contributed by atoms with Gasteiger partial charge in [-0.1, -0.05) is 106 Å². The fraction of sp³-hybridized carbons (Fsp3) is 0.525. The molecule has 10 aliphatic rings. The van der Waals surface area contributed by atoms with Gasteiger partial charge in [-0.05, 0) is 195 Å². The zero-order valence-electron chi connectivity index (χ0n) is 39.7. The molecule has 0 spiro atoms. The van der Waals surface area contributed by atoms with Gasteiger partial charge in [-0.3, -0.25) is 4.98 Å². The summed E-state index contributed by atoms with van der Waals surface area (Å²) in [6, 6.07) is 18.8. The van der Waals surface area contributed by atoms with Gasteiger partial charge in [0.15, 0.2) is 0 Å². The number of nitrogens with zero attached hydrogens (tertiary/aromatic N) is 2. The average Bonchev–Trinajstić information content (AvgIpc) is 3.80. The topological polar surface area (TPSA) is 17.3 Å². The van der Waals surface area contributed by atoms with Crippen LogP contribution in [0.25, 0.3) is 60.3 Å². The van der Waals surface area contributed by atoms with Crippen LogP contribution in [-0.2, 0) is 21.7 Å². The Labute approximate surface area is 375 Å². The lowest BCUT2D eigenvalue weighted by atomic mass is 9.67. The summed E-state index contributed by atoms with van der Waals surface area (Å²) in [6.45, 7) is 24.9. The summed E-state index contributed by atoms with van der Waals surface area (Å²) >= 11 is 0. The molecule has 0 aliphatic heterocycles. The first kappa shape index (κ1) is 37.1. The van der Waals surface area contributed by atoms with Gasteiger partial charge in [0.25, 0.3) is 0 Å². The van der Waals surface area contributed by atoms with E-state index in [-0.39, 0.29) is 21.7 Å². The van der Waals surface area contributed by atoms with E-state index in [1.165, 1.54) is 153 Å². The second-order valence-corrected chi connectivity index (χ2v) is 26.4. The van der Waals surface area contributed by atoms with E-state index in [1.807, 2.05) is 0 Å². The molecular formula is C61H66N2. The van der Waals surface area contributed by atoms with Crippen LogP contribution in [-0.4, -0.2) is 9.38 Å². The molecule has 4 fully saturated rings. The average molecular weight is 827 g/mol. The zero-order valence-corrected chi connectivity index (χ0v) is 39.7. The molecule has 63 heavy (non-hydrogen) atoms. The largest absolute Gasteiger partial charge is 0.306 e. The van der Waals surface area contributed by atoms with Crippen LogP contribution >= 0.6 is 0 Å². The summed E-state index contributed by atoms with van der Waals surface area (Å²) < 4.78 is 2.73. The van der Waals surface area contributed by atoms with Gasteiger partial charge in [0.1, 0.15) is 0 Å². The Kier molecular flexibility index (Phi) is 6.63. The van der Waals surface area contributed by atoms with Crippen molar-refractivity contribution in [3.63, 3.8) is 0 Å². The van der Waals surface area contributed by atoms with E-state index in [2.05, 4.69) is 122 Å². The highest BCUT2D eigenvalue weighted by Gasteiger charge is 2.48. The summed E-state index contributed by atoms with van der Waals surface area (Å²) in [6.07, 6.45) is 16.5. The molecule has 320 valence electrons. The Bertz CT molecular complexity index is 3020. The van der Waals surface area contributed by atoms with E-state index >= 15 is 0 Å². The van der Waals surface area contributed by atoms with Gasteiger partial charge < -0.3 is 4.40 Å². The van der Waals surface area contributed by atoms with Crippen LogP contribution in [0.4, 0.5) is 0 Å². The lowest BCUT2D eigenvalue weighted by Crippen LogP contribution is -2.25. The molecule has 0 saturated heterocycles. The normalized spacial score (nSPS) is 30.0. The van der Waals surface area contributed by atoms with Crippen molar-refractivity contribution in [2.24, 2.45) is 23.7 Å². The van der Waals surface area contributed by atoms with E-state index in [0.29, 0.717) is 5.92 Å². The van der Waals surface area contributed by atoms with Crippen molar-refractivity contribution in [3.8, 4) is 22.3 Å². The summed E-state index contributed by atoms with van der Waals surface area (Å²) in [7, 11) is 0. The summed E-state index contributed by atoms with van der Waals surface area (Å²) in [5, 5.41) is 5.92. The Morgan fingerprint density at radius 2 is 0.921 bits per heavy atom. The molecule has 4 unspecified atom stereocenters. The van der Waals surface area contributed by atoms with Gasteiger partial charge in [0.05, 0.1) is 28.4 Å². The minimum atomic E-state index is -0.156. The predicted molar refractivity (Wildman–Crippen MR) is 263 cm³/mol. The Morgan fingerprint density at radius 1 is 0.476 bits per heavy atom. The maximum Gasteiger partial charge on any atom is 0.0731 e. The van der Waals surface area contributed by atoms with Crippen LogP contribution in [0.3, 0.4) is 0 Å². The van der Waals surface area contributed by atoms with Gasteiger partial charge in [0.2, 0.25) is 0 Å². The van der Waals surface area contributed by atoms with E-state index in [4.69, 9.17) is 4.98 Å². The third kappa shape index (κ3) is 4.43. The standard InChI is InChI=1S/C61H66N2/c1-58(2,3)46-27-47(59(4,5)6)53-55-49(28-62-57-51(55)42-24-38-34-17-31-14-32(18-34)22-36(21-31)40(38)26-45(42)61(57,9)10)63-48-12-11-43-50(54(48)52(46)56(53)63)41-23-37-33-15-29-13-30(16-33)20-35(19-29)39(37)25-44(41)60(43,7)8/h11-12,23-36H,13-22H2,1-10H3. The van der Waals surface area contributed by atoms with Crippen LogP contribution < -0.4 is 0 Å². The first-order valence-corrected chi connectivity index (χ1v) is 25.6. The maximum atomic E-state index is 5.66. The van der Waals surface area contributed by atoms with Crippen LogP contribution in [0.2, 0.25) is 0 Å². The first-order valence-electron chi connectivity index (χ1n) is 25.6. The van der Waals surface area contributed by atoms with Gasteiger partial charge in [0, 0.05) is 37.9 Å². The Morgan fingerprint density at radius 3 is 1.41 bits per heavy atom. The number of hydrogen-bond donors (Lipinski definition) is 0. The van der Waals surface area contributed by atoms with Gasteiger partial charge in [-0.25, -0.2) is 0 Å². The molecule has 3 aromatic heterocycles. The fourth-order valence-corrected chi connectivity index (χ4v) is 17.6. The van der Waals surface area contributed by atoms with Gasteiger partial charge >= 0.3 is 0 Å². The zero-order chi connectivity index (χ0) is 42.8. The van der Waals surface area contributed by atoms with Crippen molar-refractivity contribution in [3.05, 3.63) is 104 Å². The third-order valence-electron chi connectivity index (χ3n) is 20.0. The number of hydrogen-bond acceptors (Lipinski definition) is 1. The van der Waals surface area contributed by atoms with Crippen LogP contribution in [0.5, 0.6) is 0 Å². The van der Waals surface area contributed by atoms with Crippen LogP contribution in [0.15, 0.2) is 48.7 Å². The SMILES string of the molecule is CC(C)(C)c1cc(C(C)(C)C)c2c3c4c(ncc3n3c5ccc6c(c5c1c23)-c1cc2c(cc1C6(C)C)C1CC3CC(CC2C3)C1)C(C)(C)c1cc2c(cc1-4)C1CC3CC(C1)CC2C3.